The number of carbonyl (C=O) groups excluding carboxylic acids is 1. The minimum absolute atomic E-state index is 0.0642. The zero-order valence-electron chi connectivity index (χ0n) is 13.1. The van der Waals surface area contributed by atoms with Gasteiger partial charge in [0.25, 0.3) is 0 Å². The Morgan fingerprint density at radius 3 is 2.45 bits per heavy atom. The zero-order chi connectivity index (χ0) is 16.1. The van der Waals surface area contributed by atoms with Crippen LogP contribution in [0.3, 0.4) is 0 Å². The van der Waals surface area contributed by atoms with Crippen LogP contribution in [0, 0.1) is 19.7 Å². The van der Waals surface area contributed by atoms with Gasteiger partial charge >= 0.3 is 0 Å². The molecule has 0 aromatic heterocycles. The summed E-state index contributed by atoms with van der Waals surface area (Å²) in [6.45, 7) is 4.61. The van der Waals surface area contributed by atoms with Gasteiger partial charge in [-0.3, -0.25) is 4.79 Å². The molecule has 0 fully saturated rings. The van der Waals surface area contributed by atoms with Crippen molar-refractivity contribution in [3.63, 3.8) is 0 Å². The maximum atomic E-state index is 12.9. The molecule has 1 amide bonds. The van der Waals surface area contributed by atoms with E-state index in [1.807, 2.05) is 0 Å². The van der Waals surface area contributed by atoms with E-state index >= 15 is 0 Å². The van der Waals surface area contributed by atoms with Crippen molar-refractivity contribution >= 4 is 17.7 Å². The van der Waals surface area contributed by atoms with Crippen LogP contribution in [-0.4, -0.2) is 23.6 Å². The Bertz CT molecular complexity index is 655. The number of amides is 1. The van der Waals surface area contributed by atoms with Crippen LogP contribution in [0.15, 0.2) is 47.4 Å². The molecule has 4 heteroatoms. The third-order valence-corrected chi connectivity index (χ3v) is 4.60. The number of hydrogen-bond acceptors (Lipinski definition) is 2. The lowest BCUT2D eigenvalue weighted by Gasteiger charge is -2.17. The van der Waals surface area contributed by atoms with Crippen molar-refractivity contribution in [2.24, 2.45) is 0 Å². The van der Waals surface area contributed by atoms with Crippen LogP contribution in [0.2, 0.25) is 0 Å². The Morgan fingerprint density at radius 1 is 1.14 bits per heavy atom. The fraction of sp³-hybridized carbons (Fsp3) is 0.278. The van der Waals surface area contributed by atoms with Gasteiger partial charge in [0.2, 0.25) is 5.91 Å². The first-order chi connectivity index (χ1) is 10.5. The lowest BCUT2D eigenvalue weighted by Crippen LogP contribution is -2.27. The number of rotatable bonds is 5. The molecular formula is C18H20FNOS. The maximum Gasteiger partial charge on any atom is 0.232 e. The number of benzene rings is 2. The van der Waals surface area contributed by atoms with Gasteiger partial charge in [0.15, 0.2) is 0 Å². The highest BCUT2D eigenvalue weighted by Crippen LogP contribution is 2.23. The number of aryl methyl sites for hydroxylation is 2. The molecule has 0 aliphatic heterocycles. The Labute approximate surface area is 135 Å². The van der Waals surface area contributed by atoms with Gasteiger partial charge in [-0.25, -0.2) is 4.39 Å². The van der Waals surface area contributed by atoms with Crippen LogP contribution >= 0.6 is 11.8 Å². The molecule has 0 N–H and O–H groups in total. The molecular weight excluding hydrogens is 297 g/mol. The van der Waals surface area contributed by atoms with Gasteiger partial charge in [-0.05, 0) is 43.2 Å². The monoisotopic (exact) mass is 317 g/mol. The van der Waals surface area contributed by atoms with E-state index in [0.717, 1.165) is 10.5 Å². The second-order valence-electron chi connectivity index (χ2n) is 5.43. The molecule has 0 atom stereocenters. The van der Waals surface area contributed by atoms with Gasteiger partial charge < -0.3 is 4.90 Å². The first-order valence-corrected chi connectivity index (χ1v) is 8.13. The Balaban J connectivity index is 1.89. The van der Waals surface area contributed by atoms with E-state index in [1.54, 1.807) is 35.8 Å². The smallest absolute Gasteiger partial charge is 0.232 e. The normalized spacial score (nSPS) is 10.5. The van der Waals surface area contributed by atoms with Crippen molar-refractivity contribution in [1.82, 2.24) is 4.90 Å². The quantitative estimate of drug-likeness (QED) is 0.771. The van der Waals surface area contributed by atoms with E-state index in [9.17, 15) is 9.18 Å². The lowest BCUT2D eigenvalue weighted by atomic mass is 10.2. The summed E-state index contributed by atoms with van der Waals surface area (Å²) in [5.74, 6) is 0.208. The third kappa shape index (κ3) is 4.60. The van der Waals surface area contributed by atoms with E-state index in [1.165, 1.54) is 23.3 Å². The molecule has 2 rings (SSSR count). The summed E-state index contributed by atoms with van der Waals surface area (Å²) in [5.41, 5.74) is 3.34. The molecule has 0 spiro atoms. The summed E-state index contributed by atoms with van der Waals surface area (Å²) >= 11 is 1.55. The molecule has 116 valence electrons. The van der Waals surface area contributed by atoms with Gasteiger partial charge in [0.1, 0.15) is 5.82 Å². The van der Waals surface area contributed by atoms with Crippen LogP contribution in [0.4, 0.5) is 4.39 Å². The summed E-state index contributed by atoms with van der Waals surface area (Å²) in [7, 11) is 1.77. The Hall–Kier alpha value is -1.81. The first-order valence-electron chi connectivity index (χ1n) is 7.14. The van der Waals surface area contributed by atoms with Crippen molar-refractivity contribution in [3.8, 4) is 0 Å². The van der Waals surface area contributed by atoms with Crippen LogP contribution in [0.1, 0.15) is 16.7 Å². The number of hydrogen-bond donors (Lipinski definition) is 0. The average Bonchev–Trinajstić information content (AvgIpc) is 2.48. The first kappa shape index (κ1) is 16.6. The third-order valence-electron chi connectivity index (χ3n) is 3.44. The van der Waals surface area contributed by atoms with Crippen molar-refractivity contribution < 1.29 is 9.18 Å². The van der Waals surface area contributed by atoms with Crippen molar-refractivity contribution in [1.29, 1.82) is 0 Å². The summed E-state index contributed by atoms with van der Waals surface area (Å²) in [4.78, 5) is 15.0. The van der Waals surface area contributed by atoms with E-state index < -0.39 is 0 Å². The molecule has 0 aliphatic rings. The summed E-state index contributed by atoms with van der Waals surface area (Å²) < 4.78 is 12.9. The molecule has 2 nitrogen and oxygen atoms in total. The number of nitrogens with zero attached hydrogens (tertiary/aromatic N) is 1. The minimum atomic E-state index is -0.261. The topological polar surface area (TPSA) is 20.3 Å². The highest BCUT2D eigenvalue weighted by atomic mass is 32.2. The highest BCUT2D eigenvalue weighted by molar-refractivity contribution is 8.00. The van der Waals surface area contributed by atoms with Gasteiger partial charge in [0, 0.05) is 18.5 Å². The highest BCUT2D eigenvalue weighted by Gasteiger charge is 2.11. The molecule has 0 saturated heterocycles. The zero-order valence-corrected chi connectivity index (χ0v) is 13.9. The van der Waals surface area contributed by atoms with E-state index in [4.69, 9.17) is 0 Å². The van der Waals surface area contributed by atoms with E-state index in [0.29, 0.717) is 12.3 Å². The number of halogens is 1. The summed E-state index contributed by atoms with van der Waals surface area (Å²) in [6.07, 6.45) is 0. The van der Waals surface area contributed by atoms with Crippen LogP contribution < -0.4 is 0 Å². The Morgan fingerprint density at radius 2 is 1.82 bits per heavy atom. The second kappa shape index (κ2) is 7.45. The molecule has 0 saturated carbocycles. The second-order valence-corrected chi connectivity index (χ2v) is 6.45. The van der Waals surface area contributed by atoms with Gasteiger partial charge in [-0.1, -0.05) is 29.8 Å². The summed E-state index contributed by atoms with van der Waals surface area (Å²) in [6, 6.07) is 12.5. The minimum Gasteiger partial charge on any atom is -0.341 e. The van der Waals surface area contributed by atoms with Crippen LogP contribution in [0.5, 0.6) is 0 Å². The van der Waals surface area contributed by atoms with Gasteiger partial charge in [0.05, 0.1) is 5.75 Å². The van der Waals surface area contributed by atoms with Gasteiger partial charge in [-0.15, -0.1) is 11.8 Å². The fourth-order valence-corrected chi connectivity index (χ4v) is 3.11. The van der Waals surface area contributed by atoms with Crippen molar-refractivity contribution in [3.05, 3.63) is 65.0 Å². The van der Waals surface area contributed by atoms with Gasteiger partial charge in [-0.2, -0.15) is 0 Å². The predicted molar refractivity (Wildman–Crippen MR) is 89.5 cm³/mol. The molecule has 22 heavy (non-hydrogen) atoms. The molecule has 0 radical (unpaired) electrons. The standard InChI is InChI=1S/C18H20FNOS/c1-13-4-9-17(14(2)10-13)22-12-18(21)20(3)11-15-5-7-16(19)8-6-15/h4-10H,11-12H2,1-3H3. The largest absolute Gasteiger partial charge is 0.341 e. The molecule has 0 aliphatic carbocycles. The average molecular weight is 317 g/mol. The number of thioether (sulfide) groups is 1. The van der Waals surface area contributed by atoms with Crippen molar-refractivity contribution in [2.45, 2.75) is 25.3 Å². The van der Waals surface area contributed by atoms with Crippen LogP contribution in [0.25, 0.3) is 0 Å². The number of carbonyl (C=O) groups is 1. The fourth-order valence-electron chi connectivity index (χ4n) is 2.16. The van der Waals surface area contributed by atoms with E-state index in [-0.39, 0.29) is 11.7 Å². The molecule has 0 bridgehead atoms. The SMILES string of the molecule is Cc1ccc(SCC(=O)N(C)Cc2ccc(F)cc2)c(C)c1. The molecule has 2 aromatic rings. The van der Waals surface area contributed by atoms with Crippen molar-refractivity contribution in [2.75, 3.05) is 12.8 Å². The maximum absolute atomic E-state index is 12.9. The molecule has 0 unspecified atom stereocenters. The predicted octanol–water partition coefficient (Wildman–Crippen LogP) is 4.19. The van der Waals surface area contributed by atoms with Crippen LogP contribution in [-0.2, 0) is 11.3 Å². The Kier molecular flexibility index (Phi) is 5.61. The lowest BCUT2D eigenvalue weighted by molar-refractivity contribution is -0.127. The molecule has 0 heterocycles. The summed E-state index contributed by atoms with van der Waals surface area (Å²) in [5, 5.41) is 0. The van der Waals surface area contributed by atoms with E-state index in [2.05, 4.69) is 32.0 Å². The molecule has 2 aromatic carbocycles.